The number of pyridine rings is 2. The van der Waals surface area contributed by atoms with Crippen LogP contribution in [0, 0.1) is 0 Å². The number of halogens is 1. The van der Waals surface area contributed by atoms with Gasteiger partial charge in [-0.05, 0) is 36.4 Å². The first-order valence-electron chi connectivity index (χ1n) is 7.73. The topological polar surface area (TPSA) is 60.7 Å². The van der Waals surface area contributed by atoms with Gasteiger partial charge in [-0.25, -0.2) is 9.97 Å². The Balaban J connectivity index is 1.79. The van der Waals surface area contributed by atoms with Gasteiger partial charge in [0.05, 0.1) is 29.8 Å². The van der Waals surface area contributed by atoms with Crippen molar-refractivity contribution in [1.29, 1.82) is 0 Å². The van der Waals surface area contributed by atoms with Crippen molar-refractivity contribution < 1.29 is 0 Å². The van der Waals surface area contributed by atoms with E-state index in [1.54, 1.807) is 24.4 Å². The molecule has 0 radical (unpaired) electrons. The molecule has 0 atom stereocenters. The summed E-state index contributed by atoms with van der Waals surface area (Å²) in [6.45, 7) is 0.357. The zero-order valence-corrected chi connectivity index (χ0v) is 13.9. The summed E-state index contributed by atoms with van der Waals surface area (Å²) < 4.78 is 1.52. The first kappa shape index (κ1) is 15.5. The van der Waals surface area contributed by atoms with Crippen molar-refractivity contribution in [3.63, 3.8) is 0 Å². The van der Waals surface area contributed by atoms with Gasteiger partial charge in [0, 0.05) is 16.8 Å². The number of rotatable bonds is 3. The fourth-order valence-electron chi connectivity index (χ4n) is 2.59. The van der Waals surface area contributed by atoms with Crippen LogP contribution in [0.3, 0.4) is 0 Å². The van der Waals surface area contributed by atoms with E-state index in [9.17, 15) is 4.79 Å². The van der Waals surface area contributed by atoms with Gasteiger partial charge < -0.3 is 0 Å². The highest BCUT2D eigenvalue weighted by Gasteiger charge is 2.09. The zero-order valence-electron chi connectivity index (χ0n) is 13.1. The van der Waals surface area contributed by atoms with Gasteiger partial charge in [-0.1, -0.05) is 29.8 Å². The van der Waals surface area contributed by atoms with Crippen LogP contribution in [-0.2, 0) is 6.54 Å². The summed E-state index contributed by atoms with van der Waals surface area (Å²) in [5.41, 5.74) is 3.11. The SMILES string of the molecule is O=c1c2nc(-c3ccc(Cl)cc3)ccc2ncn1Cc1ccccn1. The molecule has 0 aliphatic rings. The highest BCUT2D eigenvalue weighted by molar-refractivity contribution is 6.30. The number of nitrogens with zero attached hydrogens (tertiary/aromatic N) is 4. The van der Waals surface area contributed by atoms with Crippen LogP contribution < -0.4 is 5.56 Å². The first-order chi connectivity index (χ1) is 12.2. The van der Waals surface area contributed by atoms with Crippen LogP contribution in [0.15, 0.2) is 71.9 Å². The summed E-state index contributed by atoms with van der Waals surface area (Å²) in [6, 6.07) is 16.6. The second kappa shape index (κ2) is 6.45. The average Bonchev–Trinajstić information content (AvgIpc) is 2.65. The Kier molecular flexibility index (Phi) is 3.99. The molecule has 3 aromatic heterocycles. The number of fused-ring (bicyclic) bond motifs is 1. The maximum atomic E-state index is 12.8. The molecule has 0 aliphatic heterocycles. The van der Waals surface area contributed by atoms with Crippen molar-refractivity contribution >= 4 is 22.6 Å². The monoisotopic (exact) mass is 348 g/mol. The second-order valence-corrected chi connectivity index (χ2v) is 6.01. The van der Waals surface area contributed by atoms with Crippen LogP contribution in [0.25, 0.3) is 22.3 Å². The van der Waals surface area contributed by atoms with E-state index < -0.39 is 0 Å². The summed E-state index contributed by atoms with van der Waals surface area (Å²) in [5, 5.41) is 0.656. The molecule has 0 saturated carbocycles. The van der Waals surface area contributed by atoms with Gasteiger partial charge in [-0.3, -0.25) is 14.3 Å². The lowest BCUT2D eigenvalue weighted by molar-refractivity contribution is 0.728. The van der Waals surface area contributed by atoms with E-state index in [2.05, 4.69) is 15.0 Å². The molecule has 0 saturated heterocycles. The summed E-state index contributed by atoms with van der Waals surface area (Å²) in [5.74, 6) is 0. The zero-order chi connectivity index (χ0) is 17.2. The molecule has 0 fully saturated rings. The predicted molar refractivity (Wildman–Crippen MR) is 97.6 cm³/mol. The van der Waals surface area contributed by atoms with Crippen molar-refractivity contribution in [1.82, 2.24) is 19.5 Å². The van der Waals surface area contributed by atoms with E-state index in [0.717, 1.165) is 11.3 Å². The predicted octanol–water partition coefficient (Wildman–Crippen LogP) is 3.56. The number of aromatic nitrogens is 4. The molecular formula is C19H13ClN4O. The van der Waals surface area contributed by atoms with Gasteiger partial charge in [0.1, 0.15) is 0 Å². The van der Waals surface area contributed by atoms with Crippen LogP contribution in [0.1, 0.15) is 5.69 Å². The van der Waals surface area contributed by atoms with E-state index >= 15 is 0 Å². The van der Waals surface area contributed by atoms with Crippen LogP contribution in [0.2, 0.25) is 5.02 Å². The van der Waals surface area contributed by atoms with Crippen LogP contribution in [-0.4, -0.2) is 19.5 Å². The van der Waals surface area contributed by atoms with Gasteiger partial charge in [0.15, 0.2) is 5.52 Å². The minimum Gasteiger partial charge on any atom is -0.291 e. The van der Waals surface area contributed by atoms with Crippen LogP contribution in [0.4, 0.5) is 0 Å². The molecule has 0 spiro atoms. The maximum Gasteiger partial charge on any atom is 0.280 e. The largest absolute Gasteiger partial charge is 0.291 e. The molecule has 4 rings (SSSR count). The Bertz CT molecular complexity index is 1090. The van der Waals surface area contributed by atoms with Gasteiger partial charge in [0.2, 0.25) is 0 Å². The molecule has 0 bridgehead atoms. The highest BCUT2D eigenvalue weighted by atomic mass is 35.5. The van der Waals surface area contributed by atoms with E-state index in [-0.39, 0.29) is 5.56 Å². The molecule has 5 nitrogen and oxygen atoms in total. The van der Waals surface area contributed by atoms with Crippen molar-refractivity contribution in [2.75, 3.05) is 0 Å². The van der Waals surface area contributed by atoms with Crippen LogP contribution in [0.5, 0.6) is 0 Å². The van der Waals surface area contributed by atoms with Crippen molar-refractivity contribution in [2.45, 2.75) is 6.54 Å². The van der Waals surface area contributed by atoms with Gasteiger partial charge in [-0.2, -0.15) is 0 Å². The minimum atomic E-state index is -0.188. The van der Waals surface area contributed by atoms with Crippen LogP contribution >= 0.6 is 11.6 Å². The van der Waals surface area contributed by atoms with Gasteiger partial charge >= 0.3 is 0 Å². The standard InChI is InChI=1S/C19H13ClN4O/c20-14-6-4-13(5-7-14)16-8-9-17-18(23-16)19(25)24(12-22-17)11-15-3-1-2-10-21-15/h1-10,12H,11H2. The molecule has 6 heteroatoms. The van der Waals surface area contributed by atoms with E-state index in [0.29, 0.717) is 28.3 Å². The summed E-state index contributed by atoms with van der Waals surface area (Å²) in [4.78, 5) is 25.9. The number of hydrogen-bond acceptors (Lipinski definition) is 4. The molecule has 0 aliphatic carbocycles. The molecule has 0 unspecified atom stereocenters. The molecule has 3 heterocycles. The van der Waals surface area contributed by atoms with Crippen molar-refractivity contribution in [3.05, 3.63) is 88.2 Å². The summed E-state index contributed by atoms with van der Waals surface area (Å²) in [6.07, 6.45) is 3.23. The fourth-order valence-corrected chi connectivity index (χ4v) is 2.72. The van der Waals surface area contributed by atoms with Gasteiger partial charge in [-0.15, -0.1) is 0 Å². The Morgan fingerprint density at radius 2 is 1.80 bits per heavy atom. The van der Waals surface area contributed by atoms with Crippen molar-refractivity contribution in [2.24, 2.45) is 0 Å². The third-order valence-corrected chi connectivity index (χ3v) is 4.12. The second-order valence-electron chi connectivity index (χ2n) is 5.57. The molecule has 122 valence electrons. The van der Waals surface area contributed by atoms with E-state index in [4.69, 9.17) is 11.6 Å². The van der Waals surface area contributed by atoms with E-state index in [1.807, 2.05) is 36.4 Å². The fraction of sp³-hybridized carbons (Fsp3) is 0.0526. The minimum absolute atomic E-state index is 0.188. The third kappa shape index (κ3) is 3.14. The smallest absolute Gasteiger partial charge is 0.280 e. The Hall–Kier alpha value is -3.05. The number of benzene rings is 1. The normalized spacial score (nSPS) is 10.9. The summed E-state index contributed by atoms with van der Waals surface area (Å²) >= 11 is 5.93. The Morgan fingerprint density at radius 1 is 0.960 bits per heavy atom. The average molecular weight is 349 g/mol. The molecule has 25 heavy (non-hydrogen) atoms. The molecule has 0 amide bonds. The molecule has 4 aromatic rings. The number of hydrogen-bond donors (Lipinski definition) is 0. The summed E-state index contributed by atoms with van der Waals surface area (Å²) in [7, 11) is 0. The molecule has 0 N–H and O–H groups in total. The Labute approximate surface area is 148 Å². The third-order valence-electron chi connectivity index (χ3n) is 3.87. The highest BCUT2D eigenvalue weighted by Crippen LogP contribution is 2.21. The van der Waals surface area contributed by atoms with Gasteiger partial charge in [0.25, 0.3) is 5.56 Å². The first-order valence-corrected chi connectivity index (χ1v) is 8.10. The van der Waals surface area contributed by atoms with Crippen molar-refractivity contribution in [3.8, 4) is 11.3 Å². The maximum absolute atomic E-state index is 12.8. The Morgan fingerprint density at radius 3 is 2.56 bits per heavy atom. The molecular weight excluding hydrogens is 336 g/mol. The van der Waals surface area contributed by atoms with E-state index in [1.165, 1.54) is 10.9 Å². The quantitative estimate of drug-likeness (QED) is 0.568. The lowest BCUT2D eigenvalue weighted by Gasteiger charge is -2.07. The molecule has 1 aromatic carbocycles. The lowest BCUT2D eigenvalue weighted by Crippen LogP contribution is -2.22. The lowest BCUT2D eigenvalue weighted by atomic mass is 10.1.